The lowest BCUT2D eigenvalue weighted by atomic mass is 10.2. The van der Waals surface area contributed by atoms with Gasteiger partial charge in [0.2, 0.25) is 0 Å². The summed E-state index contributed by atoms with van der Waals surface area (Å²) >= 11 is 5.94. The molecule has 0 unspecified atom stereocenters. The van der Waals surface area contributed by atoms with Gasteiger partial charge in [-0.25, -0.2) is 9.78 Å². The van der Waals surface area contributed by atoms with Gasteiger partial charge in [-0.05, 0) is 68.7 Å². The van der Waals surface area contributed by atoms with Crippen molar-refractivity contribution in [1.82, 2.24) is 14.0 Å². The molecule has 0 saturated carbocycles. The third-order valence-corrected chi connectivity index (χ3v) is 6.23. The zero-order valence-electron chi connectivity index (χ0n) is 22.0. The van der Waals surface area contributed by atoms with Crippen LogP contribution in [0.3, 0.4) is 0 Å². The number of ether oxygens (including phenoxy) is 2. The van der Waals surface area contributed by atoms with Gasteiger partial charge >= 0.3 is 5.97 Å². The minimum absolute atomic E-state index is 0.000468. The summed E-state index contributed by atoms with van der Waals surface area (Å²) < 4.78 is 13.8. The Kier molecular flexibility index (Phi) is 9.06. The monoisotopic (exact) mass is 548 g/mol. The van der Waals surface area contributed by atoms with E-state index in [-0.39, 0.29) is 28.6 Å². The maximum absolute atomic E-state index is 13.5. The Morgan fingerprint density at radius 1 is 1.10 bits per heavy atom. The van der Waals surface area contributed by atoms with Gasteiger partial charge in [0.1, 0.15) is 16.9 Å². The van der Waals surface area contributed by atoms with Crippen molar-refractivity contribution in [1.29, 1.82) is 0 Å². The number of carbonyl (C=O) groups is 2. The molecular weight excluding hydrogens is 520 g/mol. The van der Waals surface area contributed by atoms with E-state index >= 15 is 0 Å². The molecule has 0 N–H and O–H groups in total. The highest BCUT2D eigenvalue weighted by Gasteiger charge is 2.20. The molecule has 0 spiro atoms. The minimum Gasteiger partial charge on any atom is -0.462 e. The Morgan fingerprint density at radius 3 is 2.59 bits per heavy atom. The summed E-state index contributed by atoms with van der Waals surface area (Å²) in [6.45, 7) is 6.82. The molecule has 202 valence electrons. The number of aromatic nitrogens is 3. The van der Waals surface area contributed by atoms with Crippen LogP contribution in [0.4, 0.5) is 0 Å². The highest BCUT2D eigenvalue weighted by molar-refractivity contribution is 6.30. The van der Waals surface area contributed by atoms with E-state index in [0.29, 0.717) is 42.5 Å². The van der Waals surface area contributed by atoms with Crippen molar-refractivity contribution in [3.63, 3.8) is 0 Å². The van der Waals surface area contributed by atoms with Gasteiger partial charge in [-0.15, -0.1) is 0 Å². The van der Waals surface area contributed by atoms with Crippen LogP contribution < -0.4 is 11.0 Å². The number of pyridine rings is 2. The molecule has 0 fully saturated rings. The number of benzene rings is 1. The van der Waals surface area contributed by atoms with E-state index < -0.39 is 11.9 Å². The Labute approximate surface area is 230 Å². The molecule has 0 aliphatic heterocycles. The quantitative estimate of drug-likeness (QED) is 0.133. The van der Waals surface area contributed by atoms with Gasteiger partial charge in [0.25, 0.3) is 11.5 Å². The molecule has 0 bridgehead atoms. The lowest BCUT2D eigenvalue weighted by molar-refractivity contribution is -0.113. The fourth-order valence-corrected chi connectivity index (χ4v) is 4.26. The number of aryl methyl sites for hydroxylation is 2. The van der Waals surface area contributed by atoms with Gasteiger partial charge in [0.15, 0.2) is 5.49 Å². The molecule has 9 nitrogen and oxygen atoms in total. The first-order valence-electron chi connectivity index (χ1n) is 12.7. The summed E-state index contributed by atoms with van der Waals surface area (Å²) in [5.74, 6) is -1.29. The molecule has 0 atom stereocenters. The SMILES string of the molecule is CCOCCCn1c(=NC(=O)/C=C/c2ccc(Cl)cc2)c(C(=O)OCC)cc2c(=O)n3cccc(C)c3nc21. The molecule has 0 saturated heterocycles. The highest BCUT2D eigenvalue weighted by Crippen LogP contribution is 2.15. The summed E-state index contributed by atoms with van der Waals surface area (Å²) in [7, 11) is 0. The Morgan fingerprint density at radius 2 is 1.87 bits per heavy atom. The fourth-order valence-electron chi connectivity index (χ4n) is 4.13. The second kappa shape index (κ2) is 12.6. The highest BCUT2D eigenvalue weighted by atomic mass is 35.5. The predicted molar refractivity (Wildman–Crippen MR) is 150 cm³/mol. The van der Waals surface area contributed by atoms with Crippen LogP contribution in [0.1, 0.15) is 41.8 Å². The molecule has 1 amide bonds. The van der Waals surface area contributed by atoms with Gasteiger partial charge < -0.3 is 14.0 Å². The van der Waals surface area contributed by atoms with Gasteiger partial charge in [-0.3, -0.25) is 14.0 Å². The number of nitrogens with zero attached hydrogens (tertiary/aromatic N) is 4. The number of halogens is 1. The molecule has 4 aromatic rings. The van der Waals surface area contributed by atoms with Gasteiger partial charge in [-0.1, -0.05) is 29.8 Å². The largest absolute Gasteiger partial charge is 0.462 e. The van der Waals surface area contributed by atoms with Gasteiger partial charge in [0, 0.05) is 37.1 Å². The minimum atomic E-state index is -0.695. The van der Waals surface area contributed by atoms with E-state index in [1.54, 1.807) is 54.1 Å². The van der Waals surface area contributed by atoms with Crippen molar-refractivity contribution >= 4 is 46.2 Å². The average Bonchev–Trinajstić information content (AvgIpc) is 2.92. The fraction of sp³-hybridized carbons (Fsp3) is 0.276. The van der Waals surface area contributed by atoms with Crippen molar-refractivity contribution in [3.05, 3.63) is 92.3 Å². The predicted octanol–water partition coefficient (Wildman–Crippen LogP) is 4.36. The first kappa shape index (κ1) is 27.9. The first-order valence-corrected chi connectivity index (χ1v) is 13.0. The number of carbonyl (C=O) groups excluding carboxylic acids is 2. The van der Waals surface area contributed by atoms with Crippen LogP contribution in [0.25, 0.3) is 22.8 Å². The van der Waals surface area contributed by atoms with Crippen LogP contribution in [0, 0.1) is 6.92 Å². The molecule has 4 rings (SSSR count). The Balaban J connectivity index is 1.98. The molecule has 10 heteroatoms. The summed E-state index contributed by atoms with van der Waals surface area (Å²) in [5, 5.41) is 0.790. The molecule has 0 aliphatic carbocycles. The molecule has 0 aliphatic rings. The van der Waals surface area contributed by atoms with Crippen molar-refractivity contribution in [2.24, 2.45) is 4.99 Å². The number of amides is 1. The number of hydrogen-bond acceptors (Lipinski definition) is 6. The van der Waals surface area contributed by atoms with Crippen molar-refractivity contribution in [2.45, 2.75) is 33.7 Å². The van der Waals surface area contributed by atoms with E-state index in [4.69, 9.17) is 26.1 Å². The van der Waals surface area contributed by atoms with Crippen molar-refractivity contribution in [3.8, 4) is 0 Å². The summed E-state index contributed by atoms with van der Waals surface area (Å²) in [6, 6.07) is 12.0. The second-order valence-electron chi connectivity index (χ2n) is 8.68. The normalized spacial score (nSPS) is 12.1. The molecular formula is C29H29ClN4O5. The van der Waals surface area contributed by atoms with Crippen LogP contribution in [-0.2, 0) is 20.8 Å². The molecule has 0 radical (unpaired) electrons. The summed E-state index contributed by atoms with van der Waals surface area (Å²) in [4.78, 5) is 48.7. The van der Waals surface area contributed by atoms with Crippen molar-refractivity contribution in [2.75, 3.05) is 19.8 Å². The lowest BCUT2D eigenvalue weighted by Crippen LogP contribution is -2.33. The Bertz CT molecular complexity index is 1690. The maximum atomic E-state index is 13.5. The maximum Gasteiger partial charge on any atom is 0.341 e. The van der Waals surface area contributed by atoms with Crippen LogP contribution in [0.5, 0.6) is 0 Å². The van der Waals surface area contributed by atoms with E-state index in [9.17, 15) is 14.4 Å². The number of hydrogen-bond donors (Lipinski definition) is 0. The van der Waals surface area contributed by atoms with E-state index in [1.807, 2.05) is 19.9 Å². The number of rotatable bonds is 9. The third kappa shape index (κ3) is 6.32. The number of fused-ring (bicyclic) bond motifs is 2. The van der Waals surface area contributed by atoms with E-state index in [0.717, 1.165) is 11.1 Å². The summed E-state index contributed by atoms with van der Waals surface area (Å²) in [5.41, 5.74) is 2.06. The van der Waals surface area contributed by atoms with Crippen LogP contribution >= 0.6 is 11.6 Å². The van der Waals surface area contributed by atoms with Gasteiger partial charge in [-0.2, -0.15) is 4.99 Å². The van der Waals surface area contributed by atoms with Crippen LogP contribution in [0.2, 0.25) is 5.02 Å². The lowest BCUT2D eigenvalue weighted by Gasteiger charge is -2.15. The van der Waals surface area contributed by atoms with Crippen LogP contribution in [-0.4, -0.2) is 45.6 Å². The molecule has 1 aromatic carbocycles. The zero-order valence-corrected chi connectivity index (χ0v) is 22.8. The first-order chi connectivity index (χ1) is 18.8. The molecule has 3 heterocycles. The Hall–Kier alpha value is -4.08. The molecule has 39 heavy (non-hydrogen) atoms. The van der Waals surface area contributed by atoms with E-state index in [2.05, 4.69) is 4.99 Å². The van der Waals surface area contributed by atoms with Crippen molar-refractivity contribution < 1.29 is 19.1 Å². The zero-order chi connectivity index (χ0) is 27.9. The summed E-state index contributed by atoms with van der Waals surface area (Å²) in [6.07, 6.45) is 5.07. The average molecular weight is 549 g/mol. The molecule has 3 aromatic heterocycles. The standard InChI is InChI=1S/C29H29ClN4O5/c1-4-38-17-7-16-33-26-22(28(36)34-15-6-8-19(3)25(34)32-26)18-23(29(37)39-5-2)27(33)31-24(35)14-11-20-9-12-21(30)13-10-20/h6,8-15,18H,4-5,7,16-17H2,1-3H3/b14-11+,31-27?. The van der Waals surface area contributed by atoms with Crippen LogP contribution in [0.15, 0.2) is 64.5 Å². The third-order valence-electron chi connectivity index (χ3n) is 5.98. The smallest absolute Gasteiger partial charge is 0.341 e. The topological polar surface area (TPSA) is 104 Å². The number of esters is 1. The second-order valence-corrected chi connectivity index (χ2v) is 9.11. The van der Waals surface area contributed by atoms with Gasteiger partial charge in [0.05, 0.1) is 12.0 Å². The van der Waals surface area contributed by atoms with E-state index in [1.165, 1.54) is 16.5 Å².